The number of benzene rings is 1. The summed E-state index contributed by atoms with van der Waals surface area (Å²) < 4.78 is 8.41. The van der Waals surface area contributed by atoms with E-state index in [0.29, 0.717) is 18.1 Å². The number of carbonyl (C=O) groups excluding carboxylic acids is 2. The molecule has 4 aromatic rings. The topological polar surface area (TPSA) is 107 Å². The van der Waals surface area contributed by atoms with Crippen molar-refractivity contribution < 1.29 is 14.0 Å². The number of anilines is 2. The minimum absolute atomic E-state index is 0.173. The van der Waals surface area contributed by atoms with Gasteiger partial charge in [-0.25, -0.2) is 0 Å². The monoisotopic (exact) mass is 432 g/mol. The van der Waals surface area contributed by atoms with E-state index < -0.39 is 5.91 Å². The summed E-state index contributed by atoms with van der Waals surface area (Å²) in [7, 11) is 1.65. The fourth-order valence-electron chi connectivity index (χ4n) is 3.43. The highest BCUT2D eigenvalue weighted by atomic mass is 16.3. The molecule has 0 bridgehead atoms. The van der Waals surface area contributed by atoms with Crippen molar-refractivity contribution in [2.45, 2.75) is 26.8 Å². The summed E-state index contributed by atoms with van der Waals surface area (Å²) in [5.74, 6) is -0.251. The standard InChI is InChI=1S/C23H24N6O3/c1-15-21(16(2)29(26-15)12-11-17-8-5-4-6-9-17)25-22(30)18-14-20(28(3)27-18)24-23(31)19-10-7-13-32-19/h4-10,13-14H,11-12H2,1-3H3,(H,24,31)(H,25,30). The molecule has 0 aliphatic carbocycles. The zero-order valence-corrected chi connectivity index (χ0v) is 18.1. The predicted molar refractivity (Wildman–Crippen MR) is 120 cm³/mol. The van der Waals surface area contributed by atoms with Crippen molar-refractivity contribution in [1.29, 1.82) is 0 Å². The van der Waals surface area contributed by atoms with Crippen LogP contribution in [0.2, 0.25) is 0 Å². The number of amides is 2. The van der Waals surface area contributed by atoms with E-state index >= 15 is 0 Å². The molecule has 0 aliphatic rings. The molecule has 164 valence electrons. The molecule has 4 rings (SSSR count). The number of hydrogen-bond donors (Lipinski definition) is 2. The summed E-state index contributed by atoms with van der Waals surface area (Å²) in [4.78, 5) is 25.0. The third-order valence-electron chi connectivity index (χ3n) is 5.17. The first kappa shape index (κ1) is 21.1. The zero-order chi connectivity index (χ0) is 22.7. The Bertz CT molecular complexity index is 1240. The largest absolute Gasteiger partial charge is 0.459 e. The van der Waals surface area contributed by atoms with Crippen LogP contribution in [0, 0.1) is 13.8 Å². The van der Waals surface area contributed by atoms with E-state index in [9.17, 15) is 9.59 Å². The molecule has 9 nitrogen and oxygen atoms in total. The Morgan fingerprint density at radius 1 is 1.00 bits per heavy atom. The van der Waals surface area contributed by atoms with Gasteiger partial charge in [0.05, 0.1) is 23.3 Å². The van der Waals surface area contributed by atoms with E-state index in [1.165, 1.54) is 22.6 Å². The SMILES string of the molecule is Cc1nn(CCc2ccccc2)c(C)c1NC(=O)c1cc(NC(=O)c2ccco2)n(C)n1. The summed E-state index contributed by atoms with van der Waals surface area (Å²) in [6, 6.07) is 14.9. The molecule has 0 saturated carbocycles. The van der Waals surface area contributed by atoms with Crippen molar-refractivity contribution in [2.24, 2.45) is 7.05 Å². The van der Waals surface area contributed by atoms with E-state index in [1.54, 1.807) is 19.2 Å². The summed E-state index contributed by atoms with van der Waals surface area (Å²) in [5.41, 5.74) is 3.66. The lowest BCUT2D eigenvalue weighted by Crippen LogP contribution is -2.14. The van der Waals surface area contributed by atoms with Crippen molar-refractivity contribution in [3.05, 3.63) is 83.2 Å². The van der Waals surface area contributed by atoms with Crippen LogP contribution in [0.25, 0.3) is 0 Å². The number of nitrogens with one attached hydrogen (secondary N) is 2. The van der Waals surface area contributed by atoms with Gasteiger partial charge in [-0.2, -0.15) is 10.2 Å². The van der Waals surface area contributed by atoms with Gasteiger partial charge in [0.1, 0.15) is 5.82 Å². The molecule has 1 aromatic carbocycles. The van der Waals surface area contributed by atoms with Crippen molar-refractivity contribution in [3.63, 3.8) is 0 Å². The summed E-state index contributed by atoms with van der Waals surface area (Å²) in [6.07, 6.45) is 2.26. The molecule has 2 amide bonds. The highest BCUT2D eigenvalue weighted by Gasteiger charge is 2.19. The zero-order valence-electron chi connectivity index (χ0n) is 18.1. The fraction of sp³-hybridized carbons (Fsp3) is 0.217. The fourth-order valence-corrected chi connectivity index (χ4v) is 3.43. The van der Waals surface area contributed by atoms with E-state index in [2.05, 4.69) is 33.0 Å². The van der Waals surface area contributed by atoms with Gasteiger partial charge in [0.25, 0.3) is 11.8 Å². The lowest BCUT2D eigenvalue weighted by molar-refractivity contribution is 0.0993. The van der Waals surface area contributed by atoms with Gasteiger partial charge in [-0.05, 0) is 38.0 Å². The molecule has 0 saturated heterocycles. The van der Waals surface area contributed by atoms with Crippen molar-refractivity contribution in [3.8, 4) is 0 Å². The average molecular weight is 432 g/mol. The van der Waals surface area contributed by atoms with Gasteiger partial charge in [0, 0.05) is 19.7 Å². The van der Waals surface area contributed by atoms with Crippen LogP contribution in [0.4, 0.5) is 11.5 Å². The van der Waals surface area contributed by atoms with Crippen LogP contribution in [0.3, 0.4) is 0 Å². The molecule has 0 radical (unpaired) electrons. The normalized spacial score (nSPS) is 10.8. The first-order valence-electron chi connectivity index (χ1n) is 10.2. The van der Waals surface area contributed by atoms with Crippen LogP contribution in [-0.2, 0) is 20.0 Å². The number of hydrogen-bond acceptors (Lipinski definition) is 5. The van der Waals surface area contributed by atoms with Gasteiger partial charge < -0.3 is 15.1 Å². The third-order valence-corrected chi connectivity index (χ3v) is 5.17. The second-order valence-corrected chi connectivity index (χ2v) is 7.43. The maximum absolute atomic E-state index is 12.8. The van der Waals surface area contributed by atoms with Gasteiger partial charge in [0.15, 0.2) is 11.5 Å². The van der Waals surface area contributed by atoms with Crippen molar-refractivity contribution >= 4 is 23.3 Å². The van der Waals surface area contributed by atoms with E-state index in [-0.39, 0.29) is 17.4 Å². The Morgan fingerprint density at radius 3 is 2.50 bits per heavy atom. The van der Waals surface area contributed by atoms with Gasteiger partial charge in [-0.3, -0.25) is 19.0 Å². The van der Waals surface area contributed by atoms with Crippen LogP contribution < -0.4 is 10.6 Å². The highest BCUT2D eigenvalue weighted by molar-refractivity contribution is 6.05. The van der Waals surface area contributed by atoms with Gasteiger partial charge >= 0.3 is 0 Å². The number of aromatic nitrogens is 4. The van der Waals surface area contributed by atoms with E-state index in [4.69, 9.17) is 4.42 Å². The third kappa shape index (κ3) is 4.46. The molecule has 3 aromatic heterocycles. The molecule has 0 atom stereocenters. The number of nitrogens with zero attached hydrogens (tertiary/aromatic N) is 4. The Labute approximate surface area is 185 Å². The molecule has 9 heteroatoms. The lowest BCUT2D eigenvalue weighted by atomic mass is 10.1. The predicted octanol–water partition coefficient (Wildman–Crippen LogP) is 3.57. The number of aryl methyl sites for hydroxylation is 4. The van der Waals surface area contributed by atoms with Crippen molar-refractivity contribution in [1.82, 2.24) is 19.6 Å². The second kappa shape index (κ2) is 8.93. The molecule has 0 spiro atoms. The van der Waals surface area contributed by atoms with Crippen LogP contribution in [0.5, 0.6) is 0 Å². The summed E-state index contributed by atoms with van der Waals surface area (Å²) >= 11 is 0. The highest BCUT2D eigenvalue weighted by Crippen LogP contribution is 2.21. The van der Waals surface area contributed by atoms with E-state index in [1.807, 2.05) is 36.7 Å². The molecule has 0 unspecified atom stereocenters. The van der Waals surface area contributed by atoms with Crippen LogP contribution in [0.15, 0.2) is 59.2 Å². The lowest BCUT2D eigenvalue weighted by Gasteiger charge is -2.06. The average Bonchev–Trinajstić information content (AvgIpc) is 3.50. The van der Waals surface area contributed by atoms with Crippen LogP contribution >= 0.6 is 0 Å². The molecule has 0 aliphatic heterocycles. The molecule has 3 heterocycles. The minimum Gasteiger partial charge on any atom is -0.459 e. The number of furan rings is 1. The first-order valence-corrected chi connectivity index (χ1v) is 10.2. The van der Waals surface area contributed by atoms with Crippen LogP contribution in [0.1, 0.15) is 38.0 Å². The minimum atomic E-state index is -0.420. The Balaban J connectivity index is 1.45. The molecule has 32 heavy (non-hydrogen) atoms. The number of carbonyl (C=O) groups is 2. The Morgan fingerprint density at radius 2 is 1.78 bits per heavy atom. The van der Waals surface area contributed by atoms with Gasteiger partial charge in [-0.1, -0.05) is 30.3 Å². The van der Waals surface area contributed by atoms with Crippen LogP contribution in [-0.4, -0.2) is 31.4 Å². The molecular formula is C23H24N6O3. The van der Waals surface area contributed by atoms with Gasteiger partial charge in [-0.15, -0.1) is 0 Å². The summed E-state index contributed by atoms with van der Waals surface area (Å²) in [5, 5.41) is 14.4. The number of rotatable bonds is 7. The summed E-state index contributed by atoms with van der Waals surface area (Å²) in [6.45, 7) is 4.49. The van der Waals surface area contributed by atoms with Crippen molar-refractivity contribution in [2.75, 3.05) is 10.6 Å². The Kier molecular flexibility index (Phi) is 5.89. The molecule has 2 N–H and O–H groups in total. The Hall–Kier alpha value is -4.14. The maximum Gasteiger partial charge on any atom is 0.292 e. The van der Waals surface area contributed by atoms with Gasteiger partial charge in [0.2, 0.25) is 0 Å². The molecule has 0 fully saturated rings. The smallest absolute Gasteiger partial charge is 0.292 e. The first-order chi connectivity index (χ1) is 15.4. The van der Waals surface area contributed by atoms with E-state index in [0.717, 1.165) is 17.8 Å². The molecular weight excluding hydrogens is 408 g/mol. The maximum atomic E-state index is 12.8. The second-order valence-electron chi connectivity index (χ2n) is 7.43. The quantitative estimate of drug-likeness (QED) is 0.464.